The first-order valence-corrected chi connectivity index (χ1v) is 4.40. The topological polar surface area (TPSA) is 66.8 Å². The van der Waals surface area contributed by atoms with Crippen molar-refractivity contribution < 1.29 is 19.7 Å². The molecule has 0 aromatic heterocycles. The number of aliphatic hydroxyl groups excluding tert-OH is 1. The zero-order valence-electron chi connectivity index (χ0n) is 7.09. The monoisotopic (exact) mass is 184 g/mol. The highest BCUT2D eigenvalue weighted by Crippen LogP contribution is 2.39. The molecular formula is C9H12O4. The van der Waals surface area contributed by atoms with Crippen LogP contribution in [-0.2, 0) is 9.53 Å². The van der Waals surface area contributed by atoms with Crippen LogP contribution in [0.1, 0.15) is 12.8 Å². The number of aliphatic carboxylic acids is 1. The Bertz CT molecular complexity index is 248. The molecule has 1 aliphatic carbocycles. The Kier molecular flexibility index (Phi) is 2.09. The third-order valence-electron chi connectivity index (χ3n) is 2.72. The standard InChI is InChI=1S/C9H12O4/c10-8(11)3-5-1-2-7-6(5)4-9(12)13-7/h1-2,5-7,9,12H,3-4H2,(H,10,11)/t5-,6+,7-,9?/m0/s1. The molecule has 72 valence electrons. The van der Waals surface area contributed by atoms with Crippen molar-refractivity contribution in [1.29, 1.82) is 0 Å². The lowest BCUT2D eigenvalue weighted by Gasteiger charge is -2.14. The van der Waals surface area contributed by atoms with E-state index in [0.717, 1.165) is 0 Å². The van der Waals surface area contributed by atoms with E-state index in [-0.39, 0.29) is 24.4 Å². The third-order valence-corrected chi connectivity index (χ3v) is 2.72. The smallest absolute Gasteiger partial charge is 0.303 e. The van der Waals surface area contributed by atoms with E-state index in [0.29, 0.717) is 6.42 Å². The van der Waals surface area contributed by atoms with Crippen molar-refractivity contribution in [2.24, 2.45) is 11.8 Å². The van der Waals surface area contributed by atoms with E-state index in [9.17, 15) is 9.90 Å². The Hall–Kier alpha value is -0.870. The average Bonchev–Trinajstić information content (AvgIpc) is 2.51. The summed E-state index contributed by atoms with van der Waals surface area (Å²) in [6.07, 6.45) is 3.64. The van der Waals surface area contributed by atoms with Gasteiger partial charge in [0, 0.05) is 12.3 Å². The van der Waals surface area contributed by atoms with Gasteiger partial charge in [0.1, 0.15) is 0 Å². The van der Waals surface area contributed by atoms with Crippen molar-refractivity contribution in [2.75, 3.05) is 0 Å². The van der Waals surface area contributed by atoms with Crippen molar-refractivity contribution >= 4 is 5.97 Å². The van der Waals surface area contributed by atoms with Crippen LogP contribution in [-0.4, -0.2) is 28.6 Å². The van der Waals surface area contributed by atoms with Gasteiger partial charge in [0.15, 0.2) is 6.29 Å². The Labute approximate surface area is 75.8 Å². The van der Waals surface area contributed by atoms with Gasteiger partial charge in [-0.3, -0.25) is 4.79 Å². The molecule has 0 aromatic carbocycles. The molecule has 1 heterocycles. The van der Waals surface area contributed by atoms with Gasteiger partial charge in [-0.15, -0.1) is 0 Å². The Morgan fingerprint density at radius 2 is 2.31 bits per heavy atom. The summed E-state index contributed by atoms with van der Waals surface area (Å²) < 4.78 is 5.17. The van der Waals surface area contributed by atoms with Crippen LogP contribution in [0.15, 0.2) is 12.2 Å². The van der Waals surface area contributed by atoms with Crippen LogP contribution < -0.4 is 0 Å². The summed E-state index contributed by atoms with van der Waals surface area (Å²) in [5, 5.41) is 17.8. The van der Waals surface area contributed by atoms with Gasteiger partial charge in [0.25, 0.3) is 0 Å². The fourth-order valence-corrected chi connectivity index (χ4v) is 2.13. The maximum Gasteiger partial charge on any atom is 0.303 e. The molecule has 0 amide bonds. The normalized spacial score (nSPS) is 42.2. The van der Waals surface area contributed by atoms with Gasteiger partial charge in [0.05, 0.1) is 12.5 Å². The van der Waals surface area contributed by atoms with Crippen LogP contribution in [0.25, 0.3) is 0 Å². The molecule has 4 heteroatoms. The molecular weight excluding hydrogens is 172 g/mol. The number of carbonyl (C=O) groups is 1. The molecule has 1 fully saturated rings. The molecule has 0 spiro atoms. The molecule has 0 saturated carbocycles. The second-order valence-corrected chi connectivity index (χ2v) is 3.60. The Morgan fingerprint density at radius 1 is 1.54 bits per heavy atom. The first-order valence-electron chi connectivity index (χ1n) is 4.40. The number of hydrogen-bond donors (Lipinski definition) is 2. The van der Waals surface area contributed by atoms with Crippen LogP contribution in [0.2, 0.25) is 0 Å². The SMILES string of the molecule is O=C(O)C[C@@H]1C=C[C@@H]2OC(O)C[C@@H]21. The van der Waals surface area contributed by atoms with E-state index in [2.05, 4.69) is 0 Å². The van der Waals surface area contributed by atoms with Crippen molar-refractivity contribution in [3.63, 3.8) is 0 Å². The highest BCUT2D eigenvalue weighted by Gasteiger charge is 2.41. The molecule has 4 nitrogen and oxygen atoms in total. The second kappa shape index (κ2) is 3.12. The molecule has 4 atom stereocenters. The molecule has 0 bridgehead atoms. The second-order valence-electron chi connectivity index (χ2n) is 3.60. The van der Waals surface area contributed by atoms with Crippen LogP contribution in [0.5, 0.6) is 0 Å². The van der Waals surface area contributed by atoms with E-state index in [4.69, 9.17) is 9.84 Å². The quantitative estimate of drug-likeness (QED) is 0.608. The summed E-state index contributed by atoms with van der Waals surface area (Å²) >= 11 is 0. The van der Waals surface area contributed by atoms with Crippen LogP contribution >= 0.6 is 0 Å². The molecule has 2 rings (SSSR count). The zero-order valence-corrected chi connectivity index (χ0v) is 7.09. The Balaban J connectivity index is 2.01. The summed E-state index contributed by atoms with van der Waals surface area (Å²) in [7, 11) is 0. The van der Waals surface area contributed by atoms with Gasteiger partial charge in [-0.25, -0.2) is 0 Å². The van der Waals surface area contributed by atoms with Crippen LogP contribution in [0.4, 0.5) is 0 Å². The van der Waals surface area contributed by atoms with Gasteiger partial charge < -0.3 is 14.9 Å². The van der Waals surface area contributed by atoms with Crippen LogP contribution in [0, 0.1) is 11.8 Å². The largest absolute Gasteiger partial charge is 0.481 e. The number of carboxylic acid groups (broad SMARTS) is 1. The number of hydrogen-bond acceptors (Lipinski definition) is 3. The van der Waals surface area contributed by atoms with E-state index >= 15 is 0 Å². The summed E-state index contributed by atoms with van der Waals surface area (Å²) in [6, 6.07) is 0. The number of ether oxygens (including phenoxy) is 1. The predicted octanol–water partition coefficient (Wildman–Crippen LogP) is 0.371. The maximum atomic E-state index is 10.5. The van der Waals surface area contributed by atoms with Crippen molar-refractivity contribution in [2.45, 2.75) is 25.2 Å². The lowest BCUT2D eigenvalue weighted by Crippen LogP contribution is -2.17. The highest BCUT2D eigenvalue weighted by atomic mass is 16.6. The molecule has 1 unspecified atom stereocenters. The van der Waals surface area contributed by atoms with E-state index in [1.54, 1.807) is 0 Å². The maximum absolute atomic E-state index is 10.5. The van der Waals surface area contributed by atoms with Gasteiger partial charge in [0.2, 0.25) is 0 Å². The molecule has 13 heavy (non-hydrogen) atoms. The highest BCUT2D eigenvalue weighted by molar-refractivity contribution is 5.67. The third kappa shape index (κ3) is 1.59. The number of carboxylic acids is 1. The summed E-state index contributed by atoms with van der Waals surface area (Å²) in [5.41, 5.74) is 0. The lowest BCUT2D eigenvalue weighted by atomic mass is 9.90. The fourth-order valence-electron chi connectivity index (χ4n) is 2.13. The van der Waals surface area contributed by atoms with Crippen molar-refractivity contribution in [3.8, 4) is 0 Å². The summed E-state index contributed by atoms with van der Waals surface area (Å²) in [6.45, 7) is 0. The van der Waals surface area contributed by atoms with Crippen molar-refractivity contribution in [3.05, 3.63) is 12.2 Å². The van der Waals surface area contributed by atoms with Gasteiger partial charge in [-0.1, -0.05) is 12.2 Å². The van der Waals surface area contributed by atoms with Gasteiger partial charge in [-0.05, 0) is 5.92 Å². The summed E-state index contributed by atoms with van der Waals surface area (Å²) in [5.74, 6) is -0.609. The fraction of sp³-hybridized carbons (Fsp3) is 0.667. The molecule has 0 aromatic rings. The average molecular weight is 184 g/mol. The minimum Gasteiger partial charge on any atom is -0.481 e. The lowest BCUT2D eigenvalue weighted by molar-refractivity contribution is -0.138. The molecule has 2 aliphatic rings. The molecule has 1 aliphatic heterocycles. The van der Waals surface area contributed by atoms with E-state index < -0.39 is 12.3 Å². The number of fused-ring (bicyclic) bond motifs is 1. The molecule has 2 N–H and O–H groups in total. The predicted molar refractivity (Wildman–Crippen MR) is 43.9 cm³/mol. The van der Waals surface area contributed by atoms with E-state index in [1.807, 2.05) is 12.2 Å². The number of rotatable bonds is 2. The molecule has 0 radical (unpaired) electrons. The van der Waals surface area contributed by atoms with Gasteiger partial charge >= 0.3 is 5.97 Å². The van der Waals surface area contributed by atoms with Crippen molar-refractivity contribution in [1.82, 2.24) is 0 Å². The summed E-state index contributed by atoms with van der Waals surface area (Å²) in [4.78, 5) is 10.5. The minimum absolute atomic E-state index is 0.0275. The van der Waals surface area contributed by atoms with Crippen LogP contribution in [0.3, 0.4) is 0 Å². The number of allylic oxidation sites excluding steroid dienone is 1. The first kappa shape index (κ1) is 8.72. The molecule has 1 saturated heterocycles. The first-order chi connectivity index (χ1) is 6.16. The number of aliphatic hydroxyl groups is 1. The van der Waals surface area contributed by atoms with E-state index in [1.165, 1.54) is 0 Å². The Morgan fingerprint density at radius 3 is 3.00 bits per heavy atom. The minimum atomic E-state index is -0.795. The van der Waals surface area contributed by atoms with Gasteiger partial charge in [-0.2, -0.15) is 0 Å². The zero-order chi connectivity index (χ0) is 9.42.